The van der Waals surface area contributed by atoms with E-state index in [1.807, 2.05) is 30.4 Å². The smallest absolute Gasteiger partial charge is 0.247 e. The second-order valence-corrected chi connectivity index (χ2v) is 8.34. The summed E-state index contributed by atoms with van der Waals surface area (Å²) in [6.45, 7) is 10.2. The number of H-pyrrole nitrogens is 1. The molecule has 7 heteroatoms. The lowest BCUT2D eigenvalue weighted by Crippen LogP contribution is -2.58. The standard InChI is InChI=1S/C20H30N6O/c1-15(2)13-25-10-5-17-18(22-14-21-17)20(25)6-11-24(12-7-20)19(27)16(3)26-9-4-8-23-26/h4,8-9,14-16H,5-7,10-13H2,1-3H3,(H,21,22)/t16-/m1/s1. The maximum Gasteiger partial charge on any atom is 0.247 e. The Morgan fingerprint density at radius 3 is 2.70 bits per heavy atom. The molecule has 1 saturated heterocycles. The average Bonchev–Trinajstić information content (AvgIpc) is 3.35. The molecule has 146 valence electrons. The Kier molecular flexibility index (Phi) is 4.80. The monoisotopic (exact) mass is 370 g/mol. The summed E-state index contributed by atoms with van der Waals surface area (Å²) in [7, 11) is 0. The third kappa shape index (κ3) is 3.18. The first kappa shape index (κ1) is 18.2. The molecule has 0 aromatic carbocycles. The van der Waals surface area contributed by atoms with Crippen LogP contribution in [0.5, 0.6) is 0 Å². The van der Waals surface area contributed by atoms with E-state index in [-0.39, 0.29) is 17.5 Å². The van der Waals surface area contributed by atoms with Gasteiger partial charge in [0.05, 0.1) is 17.6 Å². The third-order valence-electron chi connectivity index (χ3n) is 6.16. The maximum absolute atomic E-state index is 13.0. The van der Waals surface area contributed by atoms with Crippen LogP contribution >= 0.6 is 0 Å². The Bertz CT molecular complexity index is 772. The molecule has 0 unspecified atom stereocenters. The van der Waals surface area contributed by atoms with Crippen molar-refractivity contribution in [3.63, 3.8) is 0 Å². The predicted octanol–water partition coefficient (Wildman–Crippen LogP) is 2.20. The number of rotatable bonds is 4. The Morgan fingerprint density at radius 2 is 2.04 bits per heavy atom. The van der Waals surface area contributed by atoms with Crippen LogP contribution in [0.15, 0.2) is 24.8 Å². The van der Waals surface area contributed by atoms with Crippen LogP contribution in [-0.4, -0.2) is 61.6 Å². The van der Waals surface area contributed by atoms with E-state index in [4.69, 9.17) is 4.98 Å². The molecule has 0 radical (unpaired) electrons. The van der Waals surface area contributed by atoms with Gasteiger partial charge in [-0.15, -0.1) is 0 Å². The summed E-state index contributed by atoms with van der Waals surface area (Å²) in [4.78, 5) is 25.6. The van der Waals surface area contributed by atoms with Gasteiger partial charge in [-0.3, -0.25) is 14.4 Å². The lowest BCUT2D eigenvalue weighted by Gasteiger charge is -2.51. The number of nitrogens with zero attached hydrogens (tertiary/aromatic N) is 5. The van der Waals surface area contributed by atoms with Gasteiger partial charge in [-0.2, -0.15) is 5.10 Å². The Hall–Kier alpha value is -2.15. The number of carbonyl (C=O) groups excluding carboxylic acids is 1. The van der Waals surface area contributed by atoms with Gasteiger partial charge in [-0.25, -0.2) is 4.98 Å². The van der Waals surface area contributed by atoms with E-state index in [2.05, 4.69) is 28.8 Å². The van der Waals surface area contributed by atoms with Crippen LogP contribution in [0.3, 0.4) is 0 Å². The normalized spacial score (nSPS) is 20.8. The van der Waals surface area contributed by atoms with E-state index in [9.17, 15) is 4.79 Å². The molecular weight excluding hydrogens is 340 g/mol. The molecule has 7 nitrogen and oxygen atoms in total. The number of aromatic amines is 1. The minimum Gasteiger partial charge on any atom is -0.348 e. The third-order valence-corrected chi connectivity index (χ3v) is 6.16. The summed E-state index contributed by atoms with van der Waals surface area (Å²) in [5.41, 5.74) is 2.45. The van der Waals surface area contributed by atoms with Crippen molar-refractivity contribution >= 4 is 5.91 Å². The lowest BCUT2D eigenvalue weighted by molar-refractivity contribution is -0.138. The summed E-state index contributed by atoms with van der Waals surface area (Å²) in [5, 5.41) is 4.23. The molecular formula is C20H30N6O. The summed E-state index contributed by atoms with van der Waals surface area (Å²) in [6.07, 6.45) is 8.32. The predicted molar refractivity (Wildman–Crippen MR) is 103 cm³/mol. The summed E-state index contributed by atoms with van der Waals surface area (Å²) < 4.78 is 1.74. The maximum atomic E-state index is 13.0. The SMILES string of the molecule is CC(C)CN1CCc2[nH]cnc2C12CCN(C(=O)[C@@H](C)n1cccn1)CC2. The van der Waals surface area contributed by atoms with Crippen LogP contribution in [0.4, 0.5) is 0 Å². The van der Waals surface area contributed by atoms with Gasteiger partial charge in [0, 0.05) is 50.7 Å². The van der Waals surface area contributed by atoms with Crippen LogP contribution in [0.1, 0.15) is 51.0 Å². The number of fused-ring (bicyclic) bond motifs is 2. The fourth-order valence-corrected chi connectivity index (χ4v) is 4.77. The molecule has 2 aliphatic rings. The number of carbonyl (C=O) groups is 1. The number of hydrogen-bond donors (Lipinski definition) is 1. The molecule has 4 rings (SSSR count). The summed E-state index contributed by atoms with van der Waals surface area (Å²) >= 11 is 0. The topological polar surface area (TPSA) is 70.1 Å². The van der Waals surface area contributed by atoms with Crippen molar-refractivity contribution in [2.24, 2.45) is 5.92 Å². The van der Waals surface area contributed by atoms with E-state index in [1.54, 1.807) is 10.9 Å². The number of amides is 1. The molecule has 1 atom stereocenters. The van der Waals surface area contributed by atoms with Gasteiger partial charge in [-0.1, -0.05) is 13.8 Å². The molecule has 2 aromatic heterocycles. The molecule has 1 N–H and O–H groups in total. The van der Waals surface area contributed by atoms with E-state index in [0.717, 1.165) is 45.4 Å². The first-order chi connectivity index (χ1) is 13.0. The highest BCUT2D eigenvalue weighted by molar-refractivity contribution is 5.80. The van der Waals surface area contributed by atoms with E-state index >= 15 is 0 Å². The molecule has 1 spiro atoms. The number of aromatic nitrogens is 4. The molecule has 27 heavy (non-hydrogen) atoms. The Balaban J connectivity index is 1.53. The largest absolute Gasteiger partial charge is 0.348 e. The molecule has 1 fully saturated rings. The second-order valence-electron chi connectivity index (χ2n) is 8.34. The van der Waals surface area contributed by atoms with Crippen molar-refractivity contribution in [2.45, 2.75) is 51.6 Å². The molecule has 2 aliphatic heterocycles. The van der Waals surface area contributed by atoms with Gasteiger partial charge in [0.15, 0.2) is 0 Å². The van der Waals surface area contributed by atoms with Crippen LogP contribution in [0.25, 0.3) is 0 Å². The van der Waals surface area contributed by atoms with Gasteiger partial charge in [0.2, 0.25) is 5.91 Å². The van der Waals surface area contributed by atoms with Crippen molar-refractivity contribution in [1.29, 1.82) is 0 Å². The van der Waals surface area contributed by atoms with Crippen LogP contribution in [0.2, 0.25) is 0 Å². The zero-order chi connectivity index (χ0) is 19.0. The quantitative estimate of drug-likeness (QED) is 0.896. The minimum atomic E-state index is -0.256. The van der Waals surface area contributed by atoms with Gasteiger partial charge < -0.3 is 9.88 Å². The molecule has 0 saturated carbocycles. The average molecular weight is 371 g/mol. The summed E-state index contributed by atoms with van der Waals surface area (Å²) in [6, 6.07) is 1.60. The van der Waals surface area contributed by atoms with E-state index in [1.165, 1.54) is 11.4 Å². The Morgan fingerprint density at radius 1 is 1.26 bits per heavy atom. The molecule has 2 aromatic rings. The van der Waals surface area contributed by atoms with Gasteiger partial charge >= 0.3 is 0 Å². The van der Waals surface area contributed by atoms with Gasteiger partial charge in [-0.05, 0) is 31.7 Å². The fourth-order valence-electron chi connectivity index (χ4n) is 4.77. The van der Waals surface area contributed by atoms with Crippen molar-refractivity contribution < 1.29 is 4.79 Å². The highest BCUT2D eigenvalue weighted by atomic mass is 16.2. The van der Waals surface area contributed by atoms with Gasteiger partial charge in [0.25, 0.3) is 0 Å². The summed E-state index contributed by atoms with van der Waals surface area (Å²) in [5.74, 6) is 0.767. The van der Waals surface area contributed by atoms with Crippen LogP contribution in [-0.2, 0) is 16.8 Å². The molecule has 0 bridgehead atoms. The first-order valence-corrected chi connectivity index (χ1v) is 10.1. The highest BCUT2D eigenvalue weighted by Crippen LogP contribution is 2.42. The molecule has 0 aliphatic carbocycles. The number of hydrogen-bond acceptors (Lipinski definition) is 4. The molecule has 1 amide bonds. The van der Waals surface area contributed by atoms with Crippen molar-refractivity contribution in [1.82, 2.24) is 29.5 Å². The number of likely N-dealkylation sites (tertiary alicyclic amines) is 1. The lowest BCUT2D eigenvalue weighted by atomic mass is 9.78. The van der Waals surface area contributed by atoms with Gasteiger partial charge in [0.1, 0.15) is 6.04 Å². The van der Waals surface area contributed by atoms with Crippen LogP contribution in [0, 0.1) is 5.92 Å². The zero-order valence-corrected chi connectivity index (χ0v) is 16.6. The highest BCUT2D eigenvalue weighted by Gasteiger charge is 2.47. The Labute approximate surface area is 160 Å². The number of piperidine rings is 1. The number of nitrogens with one attached hydrogen (secondary N) is 1. The second kappa shape index (κ2) is 7.11. The molecule has 4 heterocycles. The first-order valence-electron chi connectivity index (χ1n) is 10.1. The van der Waals surface area contributed by atoms with Crippen molar-refractivity contribution in [3.05, 3.63) is 36.2 Å². The zero-order valence-electron chi connectivity index (χ0n) is 16.6. The minimum absolute atomic E-state index is 0.0381. The van der Waals surface area contributed by atoms with E-state index < -0.39 is 0 Å². The number of imidazole rings is 1. The van der Waals surface area contributed by atoms with E-state index in [0.29, 0.717) is 5.92 Å². The van der Waals surface area contributed by atoms with Crippen LogP contribution < -0.4 is 0 Å². The van der Waals surface area contributed by atoms with Crippen molar-refractivity contribution in [3.8, 4) is 0 Å². The van der Waals surface area contributed by atoms with Crippen molar-refractivity contribution in [2.75, 3.05) is 26.2 Å². The fraction of sp³-hybridized carbons (Fsp3) is 0.650.